The molecule has 2 saturated heterocycles. The van der Waals surface area contributed by atoms with E-state index in [2.05, 4.69) is 10.3 Å². The highest BCUT2D eigenvalue weighted by molar-refractivity contribution is 6.07. The lowest BCUT2D eigenvalue weighted by Gasteiger charge is -2.49. The molecule has 0 aliphatic carbocycles. The minimum absolute atomic E-state index is 0.138. The standard InChI is InChI=1S/C28H39N5O6/c1-20(2)19-32-23(34)27(33(25(32)37)16-11-21-7-9-22(38-5)10-8-21)12-17-31(18-13-27)28(29-14-6-15-30-28)39-26(3,4)24(35)36/h6-10,14-15,20,29H,11-13,16-19H2,1-5H3,(H,35,36). The number of hydrogen-bond acceptors (Lipinski definition) is 8. The molecule has 39 heavy (non-hydrogen) atoms. The summed E-state index contributed by atoms with van der Waals surface area (Å²) in [6.07, 6.45) is 6.26. The van der Waals surface area contributed by atoms with Crippen LogP contribution in [0.5, 0.6) is 5.75 Å². The zero-order valence-electron chi connectivity index (χ0n) is 23.3. The first kappa shape index (κ1) is 28.6. The van der Waals surface area contributed by atoms with Gasteiger partial charge < -0.3 is 24.8 Å². The Morgan fingerprint density at radius 3 is 2.38 bits per heavy atom. The van der Waals surface area contributed by atoms with Crippen molar-refractivity contribution in [2.45, 2.75) is 64.1 Å². The molecule has 1 unspecified atom stereocenters. The number of aliphatic carboxylic acids is 1. The molecule has 2 N–H and O–H groups in total. The lowest BCUT2D eigenvalue weighted by molar-refractivity contribution is -0.238. The van der Waals surface area contributed by atoms with Crippen LogP contribution in [0.1, 0.15) is 46.1 Å². The molecule has 11 heteroatoms. The summed E-state index contributed by atoms with van der Waals surface area (Å²) in [6.45, 7) is 8.41. The topological polar surface area (TPSA) is 124 Å². The number of imide groups is 1. The number of nitrogens with one attached hydrogen (secondary N) is 1. The van der Waals surface area contributed by atoms with E-state index in [9.17, 15) is 19.5 Å². The maximum atomic E-state index is 13.9. The average molecular weight is 542 g/mol. The quantitative estimate of drug-likeness (QED) is 0.434. The Morgan fingerprint density at radius 1 is 1.18 bits per heavy atom. The number of carbonyl (C=O) groups excluding carboxylic acids is 2. The van der Waals surface area contributed by atoms with Crippen LogP contribution in [0.4, 0.5) is 4.79 Å². The first-order valence-electron chi connectivity index (χ1n) is 13.4. The Balaban J connectivity index is 1.57. The predicted molar refractivity (Wildman–Crippen MR) is 145 cm³/mol. The maximum Gasteiger partial charge on any atom is 0.335 e. The van der Waals surface area contributed by atoms with Gasteiger partial charge >= 0.3 is 18.0 Å². The molecule has 0 bridgehead atoms. The molecule has 3 aliphatic rings. The van der Waals surface area contributed by atoms with E-state index >= 15 is 0 Å². The SMILES string of the molecule is COc1ccc(CCN2C(=O)N(CC(C)C)C(=O)C23CCN(C2(OC(C)(C)C(=O)O)N=CC=CN2)CC3)cc1. The fourth-order valence-electron chi connectivity index (χ4n) is 5.39. The van der Waals surface area contributed by atoms with Crippen LogP contribution < -0.4 is 10.1 Å². The number of amides is 3. The molecule has 3 heterocycles. The summed E-state index contributed by atoms with van der Waals surface area (Å²) in [5, 5.41) is 12.8. The van der Waals surface area contributed by atoms with Crippen molar-refractivity contribution in [2.75, 3.05) is 33.3 Å². The van der Waals surface area contributed by atoms with E-state index in [-0.39, 0.29) is 17.9 Å². The third kappa shape index (κ3) is 5.51. The Labute approximate surface area is 229 Å². The van der Waals surface area contributed by atoms with Gasteiger partial charge in [-0.3, -0.25) is 9.69 Å². The van der Waals surface area contributed by atoms with Crippen LogP contribution in [0.25, 0.3) is 0 Å². The van der Waals surface area contributed by atoms with Crippen molar-refractivity contribution < 1.29 is 29.0 Å². The molecule has 1 aromatic carbocycles. The molecule has 1 aromatic rings. The first-order chi connectivity index (χ1) is 18.4. The number of benzene rings is 1. The van der Waals surface area contributed by atoms with Crippen molar-refractivity contribution in [3.8, 4) is 5.75 Å². The second-order valence-electron chi connectivity index (χ2n) is 11.2. The highest BCUT2D eigenvalue weighted by Crippen LogP contribution is 2.40. The maximum absolute atomic E-state index is 13.9. The highest BCUT2D eigenvalue weighted by Gasteiger charge is 2.59. The van der Waals surface area contributed by atoms with Gasteiger partial charge in [0, 0.05) is 38.6 Å². The third-order valence-electron chi connectivity index (χ3n) is 7.59. The second kappa shape index (κ2) is 11.0. The summed E-state index contributed by atoms with van der Waals surface area (Å²) in [5.41, 5.74) is -1.46. The van der Waals surface area contributed by atoms with Gasteiger partial charge in [-0.2, -0.15) is 0 Å². The molecule has 3 aliphatic heterocycles. The van der Waals surface area contributed by atoms with E-state index < -0.39 is 23.1 Å². The summed E-state index contributed by atoms with van der Waals surface area (Å²) in [4.78, 5) is 48.9. The van der Waals surface area contributed by atoms with Gasteiger partial charge in [-0.15, -0.1) is 0 Å². The van der Waals surface area contributed by atoms with E-state index in [0.717, 1.165) is 11.3 Å². The largest absolute Gasteiger partial charge is 0.497 e. The van der Waals surface area contributed by atoms with Crippen LogP contribution in [0, 0.1) is 5.92 Å². The van der Waals surface area contributed by atoms with Crippen LogP contribution in [-0.4, -0.2) is 94.3 Å². The monoisotopic (exact) mass is 541 g/mol. The number of aliphatic imine (C=N–C) groups is 1. The lowest BCUT2D eigenvalue weighted by atomic mass is 9.85. The number of urea groups is 1. The van der Waals surface area contributed by atoms with Gasteiger partial charge in [0.1, 0.15) is 11.3 Å². The molecule has 1 atom stereocenters. The van der Waals surface area contributed by atoms with Gasteiger partial charge in [0.25, 0.3) is 5.91 Å². The number of piperidine rings is 1. The fourth-order valence-corrected chi connectivity index (χ4v) is 5.39. The number of carboxylic acid groups (broad SMARTS) is 1. The number of rotatable bonds is 10. The van der Waals surface area contributed by atoms with E-state index in [1.54, 1.807) is 30.5 Å². The van der Waals surface area contributed by atoms with Gasteiger partial charge in [0.2, 0.25) is 0 Å². The van der Waals surface area contributed by atoms with Gasteiger partial charge in [0.05, 0.1) is 7.11 Å². The molecule has 3 amide bonds. The van der Waals surface area contributed by atoms with Crippen LogP contribution in [0.15, 0.2) is 41.5 Å². The van der Waals surface area contributed by atoms with Crippen molar-refractivity contribution in [1.82, 2.24) is 20.0 Å². The number of ether oxygens (including phenoxy) is 2. The smallest absolute Gasteiger partial charge is 0.335 e. The third-order valence-corrected chi connectivity index (χ3v) is 7.59. The molecule has 2 fully saturated rings. The summed E-state index contributed by atoms with van der Waals surface area (Å²) in [6, 6.07) is 7.44. The van der Waals surface area contributed by atoms with Gasteiger partial charge in [-0.05, 0) is 62.8 Å². The van der Waals surface area contributed by atoms with Crippen LogP contribution in [0.2, 0.25) is 0 Å². The molecule has 0 saturated carbocycles. The van der Waals surface area contributed by atoms with Crippen molar-refractivity contribution in [2.24, 2.45) is 10.9 Å². The number of nitrogens with zero attached hydrogens (tertiary/aromatic N) is 4. The first-order valence-corrected chi connectivity index (χ1v) is 13.4. The number of hydrogen-bond donors (Lipinski definition) is 2. The van der Waals surface area contributed by atoms with Crippen LogP contribution in [0.3, 0.4) is 0 Å². The van der Waals surface area contributed by atoms with Crippen LogP contribution >= 0.6 is 0 Å². The second-order valence-corrected chi connectivity index (χ2v) is 11.2. The highest BCUT2D eigenvalue weighted by atomic mass is 16.6. The van der Waals surface area contributed by atoms with Crippen molar-refractivity contribution in [3.63, 3.8) is 0 Å². The molecule has 4 rings (SSSR count). The zero-order valence-corrected chi connectivity index (χ0v) is 23.3. The molecule has 11 nitrogen and oxygen atoms in total. The summed E-state index contributed by atoms with van der Waals surface area (Å²) >= 11 is 0. The summed E-state index contributed by atoms with van der Waals surface area (Å²) in [5.74, 6) is -1.83. The number of carboxylic acids is 1. The summed E-state index contributed by atoms with van der Waals surface area (Å²) < 4.78 is 11.3. The van der Waals surface area contributed by atoms with E-state index in [1.165, 1.54) is 18.7 Å². The van der Waals surface area contributed by atoms with Gasteiger partial charge in [-0.1, -0.05) is 26.0 Å². The molecule has 212 valence electrons. The molecule has 0 aromatic heterocycles. The Bertz CT molecular complexity index is 1140. The number of likely N-dealkylation sites (tertiary alicyclic amines) is 1. The van der Waals surface area contributed by atoms with Gasteiger partial charge in [-0.25, -0.2) is 19.5 Å². The Hall–Kier alpha value is -3.44. The number of methoxy groups -OCH3 is 1. The lowest BCUT2D eigenvalue weighted by Crippen LogP contribution is -2.67. The molecule has 0 radical (unpaired) electrons. The van der Waals surface area contributed by atoms with E-state index in [1.807, 2.05) is 43.0 Å². The van der Waals surface area contributed by atoms with Gasteiger partial charge in [0.15, 0.2) is 5.60 Å². The average Bonchev–Trinajstić information content (AvgIpc) is 3.08. The van der Waals surface area contributed by atoms with E-state index in [4.69, 9.17) is 9.47 Å². The van der Waals surface area contributed by atoms with Crippen molar-refractivity contribution in [3.05, 3.63) is 42.1 Å². The van der Waals surface area contributed by atoms with Crippen molar-refractivity contribution in [1.29, 1.82) is 0 Å². The minimum Gasteiger partial charge on any atom is -0.497 e. The fraction of sp³-hybridized carbons (Fsp3) is 0.571. The number of carbonyl (C=O) groups is 3. The predicted octanol–water partition coefficient (Wildman–Crippen LogP) is 2.67. The molecule has 1 spiro atoms. The van der Waals surface area contributed by atoms with Crippen molar-refractivity contribution >= 4 is 24.1 Å². The van der Waals surface area contributed by atoms with E-state index in [0.29, 0.717) is 45.4 Å². The minimum atomic E-state index is -1.53. The van der Waals surface area contributed by atoms with Crippen LogP contribution in [-0.2, 0) is 20.7 Å². The zero-order chi connectivity index (χ0) is 28.4. The normalized spacial score (nSPS) is 23.1. The summed E-state index contributed by atoms with van der Waals surface area (Å²) in [7, 11) is 1.62. The Morgan fingerprint density at radius 2 is 1.85 bits per heavy atom. The Kier molecular flexibility index (Phi) is 8.04. The molecular formula is C28H39N5O6. The number of allylic oxidation sites excluding steroid dienone is 1. The molecular weight excluding hydrogens is 502 g/mol.